The summed E-state index contributed by atoms with van der Waals surface area (Å²) in [6.45, 7) is 0. The van der Waals surface area contributed by atoms with Crippen molar-refractivity contribution in [2.75, 3.05) is 0 Å². The summed E-state index contributed by atoms with van der Waals surface area (Å²) >= 11 is 0. The molecule has 0 saturated heterocycles. The van der Waals surface area contributed by atoms with E-state index >= 15 is 0 Å². The van der Waals surface area contributed by atoms with E-state index < -0.39 is 24.1 Å². The molecule has 1 aliphatic carbocycles. The van der Waals surface area contributed by atoms with Crippen molar-refractivity contribution in [1.29, 1.82) is 0 Å². The molecule has 116 valence electrons. The fourth-order valence-corrected chi connectivity index (χ4v) is 1.87. The van der Waals surface area contributed by atoms with E-state index in [-0.39, 0.29) is 12.1 Å². The lowest BCUT2D eigenvalue weighted by atomic mass is 10.1. The largest absolute Gasteiger partial charge is 0.479 e. The Morgan fingerprint density at radius 1 is 1.10 bits per heavy atom. The first-order valence-corrected chi connectivity index (χ1v) is 6.09. The maximum atomic E-state index is 9.77. The Balaban J connectivity index is 0.000000212. The highest BCUT2D eigenvalue weighted by atomic mass is 16.4. The van der Waals surface area contributed by atoms with Crippen LogP contribution < -0.4 is 5.73 Å². The molecule has 0 spiro atoms. The molecule has 0 aromatic heterocycles. The smallest absolute Gasteiger partial charge is 0.335 e. The van der Waals surface area contributed by atoms with Crippen molar-refractivity contribution in [1.82, 2.24) is 0 Å². The van der Waals surface area contributed by atoms with Gasteiger partial charge in [0, 0.05) is 6.42 Å². The molecule has 2 unspecified atom stereocenters. The molecule has 8 nitrogen and oxygen atoms in total. The first-order valence-electron chi connectivity index (χ1n) is 6.09. The second kappa shape index (κ2) is 7.14. The number of benzene rings is 1. The van der Waals surface area contributed by atoms with Crippen LogP contribution in [0.1, 0.15) is 17.2 Å². The second-order valence-corrected chi connectivity index (χ2v) is 4.56. The third-order valence-corrected chi connectivity index (χ3v) is 3.06. The van der Waals surface area contributed by atoms with Gasteiger partial charge in [-0.25, -0.2) is 9.59 Å². The summed E-state index contributed by atoms with van der Waals surface area (Å²) < 4.78 is 0. The predicted octanol–water partition coefficient (Wildman–Crippen LogP) is -1.52. The van der Waals surface area contributed by atoms with Crippen LogP contribution in [0.4, 0.5) is 0 Å². The number of aliphatic hydroxyl groups is 3. The lowest BCUT2D eigenvalue weighted by Gasteiger charge is -2.07. The van der Waals surface area contributed by atoms with Gasteiger partial charge in [0.05, 0.1) is 12.1 Å². The topological polar surface area (TPSA) is 161 Å². The third kappa shape index (κ3) is 4.23. The van der Waals surface area contributed by atoms with Gasteiger partial charge >= 0.3 is 11.9 Å². The Morgan fingerprint density at radius 3 is 2.00 bits per heavy atom. The number of carbonyl (C=O) groups is 2. The zero-order chi connectivity index (χ0) is 16.2. The number of carboxylic acid groups (broad SMARTS) is 2. The zero-order valence-corrected chi connectivity index (χ0v) is 11.0. The summed E-state index contributed by atoms with van der Waals surface area (Å²) in [5.41, 5.74) is 8.02. The first-order chi connectivity index (χ1) is 9.75. The number of fused-ring (bicyclic) bond motifs is 1. The van der Waals surface area contributed by atoms with Gasteiger partial charge in [-0.05, 0) is 11.1 Å². The summed E-state index contributed by atoms with van der Waals surface area (Å²) in [7, 11) is 0. The van der Waals surface area contributed by atoms with Gasteiger partial charge in [0.15, 0.2) is 12.2 Å². The predicted molar refractivity (Wildman–Crippen MR) is 70.4 cm³/mol. The van der Waals surface area contributed by atoms with Crippen molar-refractivity contribution < 1.29 is 35.1 Å². The molecule has 0 aliphatic heterocycles. The molecule has 0 bridgehead atoms. The highest BCUT2D eigenvalue weighted by Gasteiger charge is 2.29. The molecule has 1 aliphatic rings. The second-order valence-electron chi connectivity index (χ2n) is 4.56. The Kier molecular flexibility index (Phi) is 5.79. The van der Waals surface area contributed by atoms with Gasteiger partial charge in [-0.3, -0.25) is 0 Å². The molecule has 0 heterocycles. The van der Waals surface area contributed by atoms with Crippen molar-refractivity contribution in [2.45, 2.75) is 30.8 Å². The third-order valence-electron chi connectivity index (χ3n) is 3.06. The molecule has 21 heavy (non-hydrogen) atoms. The summed E-state index contributed by atoms with van der Waals surface area (Å²) in [5, 5.41) is 41.9. The van der Waals surface area contributed by atoms with Crippen molar-refractivity contribution in [3.05, 3.63) is 35.4 Å². The number of hydrogen-bond donors (Lipinski definition) is 6. The van der Waals surface area contributed by atoms with E-state index in [9.17, 15) is 14.7 Å². The van der Waals surface area contributed by atoms with Gasteiger partial charge < -0.3 is 31.3 Å². The van der Waals surface area contributed by atoms with Gasteiger partial charge in [-0.2, -0.15) is 0 Å². The fourth-order valence-electron chi connectivity index (χ4n) is 1.87. The molecule has 7 N–H and O–H groups in total. The van der Waals surface area contributed by atoms with Crippen LogP contribution in [0.2, 0.25) is 0 Å². The molecule has 0 radical (unpaired) electrons. The number of carboxylic acids is 2. The van der Waals surface area contributed by atoms with E-state index in [1.807, 2.05) is 24.3 Å². The summed E-state index contributed by atoms with van der Waals surface area (Å²) in [5.74, 6) is -3.54. The molecule has 0 fully saturated rings. The monoisotopic (exact) mass is 299 g/mol. The van der Waals surface area contributed by atoms with Crippen molar-refractivity contribution >= 4 is 11.9 Å². The molecule has 0 saturated carbocycles. The molecule has 2 rings (SSSR count). The molecule has 1 aromatic carbocycles. The lowest BCUT2D eigenvalue weighted by molar-refractivity contribution is -0.165. The Labute approximate surface area is 120 Å². The van der Waals surface area contributed by atoms with Crippen molar-refractivity contribution in [3.63, 3.8) is 0 Å². The van der Waals surface area contributed by atoms with Crippen LogP contribution >= 0.6 is 0 Å². The van der Waals surface area contributed by atoms with Crippen molar-refractivity contribution in [2.24, 2.45) is 5.73 Å². The maximum absolute atomic E-state index is 9.77. The van der Waals surface area contributed by atoms with Crippen LogP contribution in [-0.2, 0) is 16.0 Å². The van der Waals surface area contributed by atoms with Crippen LogP contribution in [0, 0.1) is 0 Å². The molecular formula is C13H17NO7. The van der Waals surface area contributed by atoms with Crippen LogP contribution in [0.5, 0.6) is 0 Å². The highest BCUT2D eigenvalue weighted by Crippen LogP contribution is 2.28. The number of aliphatic carboxylic acids is 2. The van der Waals surface area contributed by atoms with E-state index in [0.717, 1.165) is 5.56 Å². The summed E-state index contributed by atoms with van der Waals surface area (Å²) in [4.78, 5) is 19.5. The SMILES string of the molecule is N[C@@H]1c2ccccc2C[C@@H]1O.O=C(O)C(O)C(O)C(=O)O. The molecule has 4 atom stereocenters. The van der Waals surface area contributed by atoms with Crippen LogP contribution in [-0.4, -0.2) is 55.8 Å². The van der Waals surface area contributed by atoms with E-state index in [0.29, 0.717) is 6.42 Å². The minimum absolute atomic E-state index is 0.175. The zero-order valence-electron chi connectivity index (χ0n) is 11.0. The van der Waals surface area contributed by atoms with Gasteiger partial charge in [-0.15, -0.1) is 0 Å². The van der Waals surface area contributed by atoms with Gasteiger partial charge in [0.2, 0.25) is 0 Å². The standard InChI is InChI=1S/C9H11NO.C4H6O6/c10-9-7-4-2-1-3-6(7)5-8(9)11;5-1(3(7)8)2(6)4(9)10/h1-4,8-9,11H,5,10H2;1-2,5-6H,(H,7,8)(H,9,10)/t8-,9+;/m0./s1. The maximum Gasteiger partial charge on any atom is 0.335 e. The van der Waals surface area contributed by atoms with Crippen LogP contribution in [0.15, 0.2) is 24.3 Å². The summed E-state index contributed by atoms with van der Waals surface area (Å²) in [6.07, 6.45) is -4.21. The quantitative estimate of drug-likeness (QED) is 0.392. The molecule has 8 heteroatoms. The lowest BCUT2D eigenvalue weighted by Crippen LogP contribution is -2.39. The first kappa shape index (κ1) is 17.1. The Hall–Kier alpha value is -2.00. The van der Waals surface area contributed by atoms with Gasteiger partial charge in [0.1, 0.15) is 0 Å². The van der Waals surface area contributed by atoms with Gasteiger partial charge in [-0.1, -0.05) is 24.3 Å². The minimum atomic E-state index is -2.27. The molecule has 1 aromatic rings. The number of rotatable bonds is 3. The Bertz CT molecular complexity index is 501. The van der Waals surface area contributed by atoms with Crippen LogP contribution in [0.25, 0.3) is 0 Å². The average molecular weight is 299 g/mol. The fraction of sp³-hybridized carbons (Fsp3) is 0.385. The van der Waals surface area contributed by atoms with Crippen molar-refractivity contribution in [3.8, 4) is 0 Å². The van der Waals surface area contributed by atoms with Gasteiger partial charge in [0.25, 0.3) is 0 Å². The Morgan fingerprint density at radius 2 is 1.57 bits per heavy atom. The molecular weight excluding hydrogens is 282 g/mol. The normalized spacial score (nSPS) is 22.5. The highest BCUT2D eigenvalue weighted by molar-refractivity contribution is 5.83. The number of hydrogen-bond acceptors (Lipinski definition) is 6. The van der Waals surface area contributed by atoms with E-state index in [1.54, 1.807) is 0 Å². The molecule has 0 amide bonds. The summed E-state index contributed by atoms with van der Waals surface area (Å²) in [6, 6.07) is 7.76. The van der Waals surface area contributed by atoms with E-state index in [2.05, 4.69) is 0 Å². The average Bonchev–Trinajstić information content (AvgIpc) is 2.73. The van der Waals surface area contributed by atoms with E-state index in [1.165, 1.54) is 5.56 Å². The van der Waals surface area contributed by atoms with E-state index in [4.69, 9.17) is 26.2 Å². The number of nitrogens with two attached hydrogens (primary N) is 1. The van der Waals surface area contributed by atoms with Crippen LogP contribution in [0.3, 0.4) is 0 Å². The number of aliphatic hydroxyl groups excluding tert-OH is 3. The minimum Gasteiger partial charge on any atom is -0.479 e.